The fourth-order valence-corrected chi connectivity index (χ4v) is 11.3. The lowest BCUT2D eigenvalue weighted by molar-refractivity contribution is 0.0471. The van der Waals surface area contributed by atoms with Gasteiger partial charge in [-0.05, 0) is 73.5 Å². The number of sulfone groups is 1. The first-order chi connectivity index (χ1) is 26.0. The number of amides is 2. The highest BCUT2D eigenvalue weighted by atomic mass is 79.9. The van der Waals surface area contributed by atoms with Gasteiger partial charge in [0.25, 0.3) is 11.8 Å². The first-order valence-corrected chi connectivity index (χ1v) is 20.3. The average molecular weight is 808 g/mol. The monoisotopic (exact) mass is 806 g/mol. The normalized spacial score (nSPS) is 21.3. The van der Waals surface area contributed by atoms with Crippen molar-refractivity contribution in [1.29, 1.82) is 0 Å². The number of para-hydroxylation sites is 1. The van der Waals surface area contributed by atoms with Crippen molar-refractivity contribution >= 4 is 59.5 Å². The summed E-state index contributed by atoms with van der Waals surface area (Å²) in [5.41, 5.74) is 11.2. The zero-order chi connectivity index (χ0) is 37.5. The molecule has 2 unspecified atom stereocenters. The number of nitrogens with zero attached hydrogens (tertiary/aromatic N) is 5. The lowest BCUT2D eigenvalue weighted by atomic mass is 9.98. The number of rotatable bonds is 8. The van der Waals surface area contributed by atoms with E-state index in [1.54, 1.807) is 48.4 Å². The summed E-state index contributed by atoms with van der Waals surface area (Å²) in [4.78, 5) is 34.9. The number of methoxy groups -OCH3 is 1. The van der Waals surface area contributed by atoms with Crippen molar-refractivity contribution in [3.05, 3.63) is 113 Å². The molecule has 3 aliphatic rings. The van der Waals surface area contributed by atoms with Gasteiger partial charge in [0.05, 0.1) is 29.3 Å². The first-order valence-electron chi connectivity index (χ1n) is 18.1. The molecule has 2 N–H and O–H groups in total. The van der Waals surface area contributed by atoms with Crippen LogP contribution in [0.15, 0.2) is 106 Å². The lowest BCUT2D eigenvalue weighted by Crippen LogP contribution is -2.57. The Kier molecular flexibility index (Phi) is 8.25. The van der Waals surface area contributed by atoms with Gasteiger partial charge in [0.2, 0.25) is 0 Å². The number of halogens is 1. The molecule has 2 aromatic heterocycles. The maximum absolute atomic E-state index is 14.5. The Labute approximate surface area is 321 Å². The van der Waals surface area contributed by atoms with Crippen LogP contribution in [-0.4, -0.2) is 81.8 Å². The Morgan fingerprint density at radius 1 is 0.907 bits per heavy atom. The Morgan fingerprint density at radius 3 is 2.35 bits per heavy atom. The van der Waals surface area contributed by atoms with Crippen molar-refractivity contribution in [2.45, 2.75) is 35.2 Å². The molecule has 1 saturated carbocycles. The van der Waals surface area contributed by atoms with Gasteiger partial charge in [0.1, 0.15) is 16.1 Å². The van der Waals surface area contributed by atoms with Crippen molar-refractivity contribution in [1.82, 2.24) is 23.9 Å². The van der Waals surface area contributed by atoms with Crippen LogP contribution in [0.3, 0.4) is 0 Å². The number of likely N-dealkylation sites (tertiary alicyclic amines) is 2. The van der Waals surface area contributed by atoms with Gasteiger partial charge < -0.3 is 29.4 Å². The van der Waals surface area contributed by atoms with Crippen molar-refractivity contribution < 1.29 is 22.7 Å². The van der Waals surface area contributed by atoms with Crippen molar-refractivity contribution in [2.75, 3.05) is 26.7 Å². The van der Waals surface area contributed by atoms with Crippen LogP contribution < -0.4 is 10.5 Å². The predicted octanol–water partition coefficient (Wildman–Crippen LogP) is 6.10. The number of carbonyl (C=O) groups excluding carboxylic acids is 2. The van der Waals surface area contributed by atoms with Crippen LogP contribution in [-0.2, 0) is 23.4 Å². The van der Waals surface area contributed by atoms with E-state index in [9.17, 15) is 18.0 Å². The smallest absolute Gasteiger partial charge is 0.254 e. The average Bonchev–Trinajstić information content (AvgIpc) is 3.90. The third-order valence-electron chi connectivity index (χ3n) is 11.8. The number of aryl methyl sites for hydroxylation is 1. The third kappa shape index (κ3) is 5.23. The fourth-order valence-electron chi connectivity index (χ4n) is 8.95. The van der Waals surface area contributed by atoms with Crippen LogP contribution in [0.5, 0.6) is 5.75 Å². The van der Waals surface area contributed by atoms with Crippen LogP contribution in [0.2, 0.25) is 0 Å². The Morgan fingerprint density at radius 2 is 1.63 bits per heavy atom. The van der Waals surface area contributed by atoms with Gasteiger partial charge in [-0.2, -0.15) is 0 Å². The van der Waals surface area contributed by atoms with Gasteiger partial charge in [-0.25, -0.2) is 13.4 Å². The van der Waals surface area contributed by atoms with Gasteiger partial charge >= 0.3 is 0 Å². The van der Waals surface area contributed by atoms with Crippen LogP contribution in [0.4, 0.5) is 0 Å². The number of fused-ring (bicyclic) bond motifs is 4. The molecule has 0 radical (unpaired) electrons. The molecular weight excluding hydrogens is 768 g/mol. The quantitative estimate of drug-likeness (QED) is 0.197. The molecule has 0 spiro atoms. The summed E-state index contributed by atoms with van der Waals surface area (Å²) in [6.45, 7) is 2.02. The summed E-state index contributed by atoms with van der Waals surface area (Å²) < 4.78 is 39.2. The van der Waals surface area contributed by atoms with E-state index in [1.165, 1.54) is 0 Å². The number of carbonyl (C=O) groups is 2. The fraction of sp³-hybridized carbons (Fsp3) is 0.293. The summed E-state index contributed by atoms with van der Waals surface area (Å²) in [7, 11) is -0.381. The summed E-state index contributed by atoms with van der Waals surface area (Å²) in [5.74, 6) is 0.674. The Bertz CT molecular complexity index is 2580. The van der Waals surface area contributed by atoms with Crippen LogP contribution >= 0.6 is 15.9 Å². The zero-order valence-corrected chi connectivity index (χ0v) is 32.3. The topological polar surface area (TPSA) is 133 Å². The number of nitrogens with two attached hydrogens (primary N) is 1. The zero-order valence-electron chi connectivity index (χ0n) is 29.9. The molecule has 2 bridgehead atoms. The minimum absolute atomic E-state index is 0.0127. The minimum Gasteiger partial charge on any atom is -0.494 e. The molecule has 9 rings (SSSR count). The molecule has 3 atom stereocenters. The van der Waals surface area contributed by atoms with E-state index in [0.29, 0.717) is 54.9 Å². The second-order valence-corrected chi connectivity index (χ2v) is 17.8. The van der Waals surface area contributed by atoms with Crippen LogP contribution in [0.1, 0.15) is 33.6 Å². The number of hydrogen-bond donors (Lipinski definition) is 1. The van der Waals surface area contributed by atoms with Gasteiger partial charge in [-0.1, -0.05) is 52.3 Å². The van der Waals surface area contributed by atoms with Crippen LogP contribution in [0, 0.1) is 11.8 Å². The number of ether oxygens (including phenoxy) is 1. The van der Waals surface area contributed by atoms with E-state index in [1.807, 2.05) is 54.4 Å². The summed E-state index contributed by atoms with van der Waals surface area (Å²) in [5, 5.41) is 1.08. The first kappa shape index (κ1) is 34.8. The van der Waals surface area contributed by atoms with E-state index < -0.39 is 26.7 Å². The van der Waals surface area contributed by atoms with Gasteiger partial charge in [0.15, 0.2) is 15.7 Å². The largest absolute Gasteiger partial charge is 0.494 e. The molecule has 6 aromatic rings. The molecule has 2 amide bonds. The maximum atomic E-state index is 14.5. The Hall–Kier alpha value is -4.98. The highest BCUT2D eigenvalue weighted by molar-refractivity contribution is 9.10. The van der Waals surface area contributed by atoms with E-state index >= 15 is 0 Å². The third-order valence-corrected chi connectivity index (χ3v) is 14.7. The van der Waals surface area contributed by atoms with Gasteiger partial charge in [-0.15, -0.1) is 0 Å². The number of hydrogen-bond acceptors (Lipinski definition) is 7. The lowest BCUT2D eigenvalue weighted by Gasteiger charge is -2.39. The summed E-state index contributed by atoms with van der Waals surface area (Å²) in [6.07, 6.45) is 1.12. The van der Waals surface area contributed by atoms with E-state index in [2.05, 4.69) is 43.3 Å². The maximum Gasteiger partial charge on any atom is 0.254 e. The Balaban J connectivity index is 1.08. The molecule has 54 heavy (non-hydrogen) atoms. The molecule has 2 saturated heterocycles. The van der Waals surface area contributed by atoms with Crippen molar-refractivity contribution in [2.24, 2.45) is 24.6 Å². The van der Waals surface area contributed by atoms with Gasteiger partial charge in [-0.3, -0.25) is 9.59 Å². The second kappa shape index (κ2) is 12.8. The highest BCUT2D eigenvalue weighted by Crippen LogP contribution is 2.50. The van der Waals surface area contributed by atoms with E-state index in [0.717, 1.165) is 32.4 Å². The number of aromatic nitrogens is 3. The molecule has 4 heterocycles. The molecule has 4 aromatic carbocycles. The standard InChI is InChI=1S/C41H39BrN6O5S/c1-45-33-11-7-6-10-27(33)19-34(45)38-44-32-18-28(20-35(53-2)37(32)48(38)23-25-21-46(22-25)39(49)26-8-4-3-5-9-26)40(50)47-24-29-12-17-36(47)41(29,43)54(51,52)31-15-13-30(42)14-16-31/h3-11,13-16,18-20,25,29,36H,12,17,21-24,43H2,1-2H3/t29?,36?,41-/m1/s1. The van der Waals surface area contributed by atoms with Crippen molar-refractivity contribution in [3.8, 4) is 17.3 Å². The van der Waals surface area contributed by atoms with E-state index in [-0.39, 0.29) is 29.2 Å². The van der Waals surface area contributed by atoms with Crippen LogP contribution in [0.25, 0.3) is 33.5 Å². The summed E-state index contributed by atoms with van der Waals surface area (Å²) in [6, 6.07) is 28.9. The molecule has 11 nitrogen and oxygen atoms in total. The van der Waals surface area contributed by atoms with Gasteiger partial charge in [0, 0.05) is 71.6 Å². The number of benzene rings is 4. The molecular formula is C41H39BrN6O5S. The summed E-state index contributed by atoms with van der Waals surface area (Å²) >= 11 is 3.38. The van der Waals surface area contributed by atoms with Crippen molar-refractivity contribution in [3.63, 3.8) is 0 Å². The van der Waals surface area contributed by atoms with E-state index in [4.69, 9.17) is 15.5 Å². The molecule has 2 aliphatic heterocycles. The minimum atomic E-state index is -3.97. The molecule has 3 fully saturated rings. The predicted molar refractivity (Wildman–Crippen MR) is 210 cm³/mol. The second-order valence-electron chi connectivity index (χ2n) is 14.7. The highest BCUT2D eigenvalue weighted by Gasteiger charge is 2.64. The number of imidazole rings is 1. The SMILES string of the molecule is COc1cc(C(=O)N2CC3CCC2[C@]3(N)S(=O)(=O)c2ccc(Br)cc2)cc2nc(-c3cc4ccccc4n3C)n(CC3CN(C(=O)c4ccccc4)C3)c12. The molecule has 1 aliphatic carbocycles. The number of piperidine rings is 1. The molecule has 276 valence electrons. The molecule has 13 heteroatoms.